The number of carbonyl (C=O) groups excluding carboxylic acids is 2. The van der Waals surface area contributed by atoms with Crippen LogP contribution in [-0.4, -0.2) is 22.9 Å². The summed E-state index contributed by atoms with van der Waals surface area (Å²) in [5.41, 5.74) is 2.07. The molecule has 0 saturated carbocycles. The van der Waals surface area contributed by atoms with E-state index in [4.69, 9.17) is 16.4 Å². The van der Waals surface area contributed by atoms with E-state index in [9.17, 15) is 9.59 Å². The molecular weight excluding hydrogens is 390 g/mol. The van der Waals surface area contributed by atoms with Gasteiger partial charge in [0.1, 0.15) is 5.92 Å². The molecule has 5 rings (SSSR count). The summed E-state index contributed by atoms with van der Waals surface area (Å²) in [7, 11) is 0. The highest BCUT2D eigenvalue weighted by Crippen LogP contribution is 2.47. The Bertz CT molecular complexity index is 1060. The fourth-order valence-corrected chi connectivity index (χ4v) is 4.07. The lowest BCUT2D eigenvalue weighted by atomic mass is 9.91. The first-order valence-electron chi connectivity index (χ1n) is 9.19. The molecule has 0 N–H and O–H groups in total. The van der Waals surface area contributed by atoms with Gasteiger partial charge in [0.05, 0.1) is 17.4 Å². The van der Waals surface area contributed by atoms with Gasteiger partial charge in [0.2, 0.25) is 5.91 Å². The van der Waals surface area contributed by atoms with Gasteiger partial charge in [0.25, 0.3) is 5.91 Å². The lowest BCUT2D eigenvalue weighted by molar-refractivity contribution is -0.126. The van der Waals surface area contributed by atoms with Crippen LogP contribution in [0.3, 0.4) is 0 Å². The Kier molecular flexibility index (Phi) is 4.30. The normalized spacial score (nSPS) is 23.6. The van der Waals surface area contributed by atoms with E-state index >= 15 is 0 Å². The first kappa shape index (κ1) is 17.8. The Balaban J connectivity index is 1.58. The van der Waals surface area contributed by atoms with Crippen LogP contribution in [0.15, 0.2) is 79.1 Å². The topological polar surface area (TPSA) is 62.7 Å². The first-order valence-corrected chi connectivity index (χ1v) is 9.57. The number of fused-ring (bicyclic) bond motifs is 1. The standard InChI is InChI=1S/C22H16ClN3O3/c23-15-8-10-16(11-9-15)25-21(27)18-19(14-5-4-12-24-13-14)26(29-20(18)22(25)28)17-6-2-1-3-7-17/h1-13,18-20H/t18-,19+,20+/m1/s1. The Hall–Kier alpha value is -3.22. The molecule has 3 atom stereocenters. The highest BCUT2D eigenvalue weighted by atomic mass is 35.5. The summed E-state index contributed by atoms with van der Waals surface area (Å²) in [4.78, 5) is 38.0. The van der Waals surface area contributed by atoms with Crippen LogP contribution >= 0.6 is 11.6 Å². The van der Waals surface area contributed by atoms with Gasteiger partial charge >= 0.3 is 0 Å². The molecule has 3 heterocycles. The van der Waals surface area contributed by atoms with Crippen molar-refractivity contribution in [2.24, 2.45) is 5.92 Å². The maximum absolute atomic E-state index is 13.4. The molecule has 2 aliphatic heterocycles. The van der Waals surface area contributed by atoms with E-state index in [2.05, 4.69) is 4.98 Å². The molecule has 2 fully saturated rings. The number of hydroxylamine groups is 1. The molecule has 2 amide bonds. The summed E-state index contributed by atoms with van der Waals surface area (Å²) in [5.74, 6) is -1.35. The minimum Gasteiger partial charge on any atom is -0.273 e. The minimum absolute atomic E-state index is 0.297. The largest absolute Gasteiger partial charge is 0.273 e. The number of aromatic nitrogens is 1. The van der Waals surface area contributed by atoms with Crippen LogP contribution in [-0.2, 0) is 14.4 Å². The zero-order valence-corrected chi connectivity index (χ0v) is 15.9. The maximum atomic E-state index is 13.4. The third-order valence-corrected chi connectivity index (χ3v) is 5.49. The highest BCUT2D eigenvalue weighted by Gasteiger charge is 2.60. The zero-order valence-electron chi connectivity index (χ0n) is 15.2. The van der Waals surface area contributed by atoms with Crippen LogP contribution in [0.2, 0.25) is 5.02 Å². The fraction of sp³-hybridized carbons (Fsp3) is 0.136. The Morgan fingerprint density at radius 3 is 2.31 bits per heavy atom. The van der Waals surface area contributed by atoms with Crippen LogP contribution in [0.1, 0.15) is 11.6 Å². The van der Waals surface area contributed by atoms with Crippen molar-refractivity contribution in [2.45, 2.75) is 12.1 Å². The van der Waals surface area contributed by atoms with E-state index in [0.717, 1.165) is 11.3 Å². The Labute approximate surface area is 172 Å². The van der Waals surface area contributed by atoms with Crippen molar-refractivity contribution in [3.8, 4) is 0 Å². The van der Waals surface area contributed by atoms with Crippen LogP contribution in [0.25, 0.3) is 0 Å². The molecule has 0 radical (unpaired) electrons. The molecule has 2 aliphatic rings. The first-order chi connectivity index (χ1) is 14.1. The molecule has 0 aliphatic carbocycles. The molecule has 2 aromatic carbocycles. The number of para-hydroxylation sites is 1. The number of amides is 2. The molecule has 7 heteroatoms. The number of pyridine rings is 1. The second-order valence-corrected chi connectivity index (χ2v) is 7.37. The number of imide groups is 1. The fourth-order valence-electron chi connectivity index (χ4n) is 3.95. The van der Waals surface area contributed by atoms with E-state index in [1.807, 2.05) is 42.5 Å². The number of hydrogen-bond acceptors (Lipinski definition) is 5. The molecule has 1 aromatic heterocycles. The number of nitrogens with zero attached hydrogens (tertiary/aromatic N) is 3. The average Bonchev–Trinajstić information content (AvgIpc) is 3.27. The van der Waals surface area contributed by atoms with Crippen molar-refractivity contribution >= 4 is 34.8 Å². The van der Waals surface area contributed by atoms with Gasteiger partial charge in [-0.3, -0.25) is 19.4 Å². The van der Waals surface area contributed by atoms with Gasteiger partial charge in [-0.15, -0.1) is 0 Å². The smallest absolute Gasteiger partial charge is 0.266 e. The third-order valence-electron chi connectivity index (χ3n) is 5.24. The predicted molar refractivity (Wildman–Crippen MR) is 108 cm³/mol. The Morgan fingerprint density at radius 1 is 0.862 bits per heavy atom. The van der Waals surface area contributed by atoms with Gasteiger partial charge in [-0.2, -0.15) is 0 Å². The molecule has 0 bridgehead atoms. The SMILES string of the molecule is O=C1[C@H]2[C@H](ON(c3ccccc3)[C@H]2c2cccnc2)C(=O)N1c1ccc(Cl)cc1. The monoisotopic (exact) mass is 405 g/mol. The third kappa shape index (κ3) is 2.88. The number of anilines is 2. The molecule has 2 saturated heterocycles. The van der Waals surface area contributed by atoms with Gasteiger partial charge in [-0.05, 0) is 48.0 Å². The van der Waals surface area contributed by atoms with Gasteiger partial charge in [0, 0.05) is 17.4 Å². The lowest BCUT2D eigenvalue weighted by Gasteiger charge is -2.28. The molecule has 0 unspecified atom stereocenters. The summed E-state index contributed by atoms with van der Waals surface area (Å²) in [6.07, 6.45) is 2.48. The van der Waals surface area contributed by atoms with Crippen molar-refractivity contribution < 1.29 is 14.4 Å². The van der Waals surface area contributed by atoms with E-state index in [-0.39, 0.29) is 11.8 Å². The van der Waals surface area contributed by atoms with Gasteiger partial charge in [-0.25, -0.2) is 9.96 Å². The molecular formula is C22H16ClN3O3. The quantitative estimate of drug-likeness (QED) is 0.620. The molecule has 6 nitrogen and oxygen atoms in total. The summed E-state index contributed by atoms with van der Waals surface area (Å²) in [6, 6.07) is 19.3. The molecule has 29 heavy (non-hydrogen) atoms. The number of carbonyl (C=O) groups is 2. The maximum Gasteiger partial charge on any atom is 0.266 e. The van der Waals surface area contributed by atoms with Crippen LogP contribution in [0.4, 0.5) is 11.4 Å². The second-order valence-electron chi connectivity index (χ2n) is 6.93. The lowest BCUT2D eigenvalue weighted by Crippen LogP contribution is -2.37. The highest BCUT2D eigenvalue weighted by molar-refractivity contribution is 6.31. The van der Waals surface area contributed by atoms with Crippen LogP contribution in [0.5, 0.6) is 0 Å². The predicted octanol–water partition coefficient (Wildman–Crippen LogP) is 3.79. The number of benzene rings is 2. The van der Waals surface area contributed by atoms with Crippen molar-refractivity contribution in [3.05, 3.63) is 89.7 Å². The van der Waals surface area contributed by atoms with Gasteiger partial charge in [0.15, 0.2) is 6.10 Å². The zero-order chi connectivity index (χ0) is 20.0. The molecule has 3 aromatic rings. The molecule has 144 valence electrons. The van der Waals surface area contributed by atoms with Gasteiger partial charge in [-0.1, -0.05) is 35.9 Å². The van der Waals surface area contributed by atoms with E-state index in [0.29, 0.717) is 10.7 Å². The average molecular weight is 406 g/mol. The minimum atomic E-state index is -0.899. The summed E-state index contributed by atoms with van der Waals surface area (Å²) in [6.45, 7) is 0. The summed E-state index contributed by atoms with van der Waals surface area (Å²) < 4.78 is 0. The van der Waals surface area contributed by atoms with Crippen molar-refractivity contribution in [1.82, 2.24) is 4.98 Å². The summed E-state index contributed by atoms with van der Waals surface area (Å²) in [5, 5.41) is 2.19. The number of hydrogen-bond donors (Lipinski definition) is 0. The van der Waals surface area contributed by atoms with Crippen LogP contribution < -0.4 is 9.96 Å². The Morgan fingerprint density at radius 2 is 1.62 bits per heavy atom. The number of halogens is 1. The van der Waals surface area contributed by atoms with E-state index in [1.54, 1.807) is 41.7 Å². The van der Waals surface area contributed by atoms with Crippen molar-refractivity contribution in [2.75, 3.05) is 9.96 Å². The second kappa shape index (κ2) is 6.99. The van der Waals surface area contributed by atoms with Crippen molar-refractivity contribution in [1.29, 1.82) is 0 Å². The summed E-state index contributed by atoms with van der Waals surface area (Å²) >= 11 is 5.95. The number of rotatable bonds is 3. The van der Waals surface area contributed by atoms with Gasteiger partial charge < -0.3 is 0 Å². The van der Waals surface area contributed by atoms with Crippen LogP contribution in [0, 0.1) is 5.92 Å². The van der Waals surface area contributed by atoms with E-state index < -0.39 is 18.1 Å². The molecule has 0 spiro atoms. The van der Waals surface area contributed by atoms with E-state index in [1.165, 1.54) is 4.90 Å². The van der Waals surface area contributed by atoms with Crippen molar-refractivity contribution in [3.63, 3.8) is 0 Å².